The largest absolute Gasteiger partial charge is 0.444 e. The lowest BCUT2D eigenvalue weighted by molar-refractivity contribution is -0.000273. The smallest absolute Gasteiger partial charge is 0.410 e. The third-order valence-corrected chi connectivity index (χ3v) is 5.48. The quantitative estimate of drug-likeness (QED) is 0.513. The molecule has 1 aromatic carbocycles. The Labute approximate surface area is 188 Å². The summed E-state index contributed by atoms with van der Waals surface area (Å²) in [6.45, 7) is 7.46. The van der Waals surface area contributed by atoms with Gasteiger partial charge in [0.15, 0.2) is 0 Å². The van der Waals surface area contributed by atoms with Gasteiger partial charge < -0.3 is 14.4 Å². The molecule has 0 bridgehead atoms. The van der Waals surface area contributed by atoms with Gasteiger partial charge in [-0.25, -0.2) is 9.78 Å². The highest BCUT2D eigenvalue weighted by atomic mass is 35.5. The Morgan fingerprint density at radius 2 is 1.97 bits per heavy atom. The number of hydrogen-bond donors (Lipinski definition) is 0. The number of nitrogens with zero attached hydrogens (tertiary/aromatic N) is 2. The summed E-state index contributed by atoms with van der Waals surface area (Å²) >= 11 is 12.4. The molecular weight excluding hydrogens is 423 g/mol. The van der Waals surface area contributed by atoms with Crippen LogP contribution >= 0.6 is 23.2 Å². The van der Waals surface area contributed by atoms with Gasteiger partial charge in [0, 0.05) is 35.8 Å². The van der Waals surface area contributed by atoms with Gasteiger partial charge in [0.2, 0.25) is 0 Å². The normalized spacial score (nSPS) is 18.2. The minimum atomic E-state index is -0.503. The number of piperidine rings is 1. The molecule has 1 saturated heterocycles. The predicted octanol–water partition coefficient (Wildman–Crippen LogP) is 6.14. The number of hydrogen-bond acceptors (Lipinski definition) is 4. The fourth-order valence-corrected chi connectivity index (χ4v) is 3.87. The zero-order valence-electron chi connectivity index (χ0n) is 17.6. The Morgan fingerprint density at radius 1 is 1.23 bits per heavy atom. The number of pyridine rings is 1. The average Bonchev–Trinajstić information content (AvgIpc) is 2.69. The number of ether oxygens (including phenoxy) is 2. The Hall–Kier alpha value is -1.82. The summed E-state index contributed by atoms with van der Waals surface area (Å²) < 4.78 is 11.9. The maximum Gasteiger partial charge on any atom is 0.410 e. The number of halogens is 2. The Morgan fingerprint density at radius 3 is 2.63 bits per heavy atom. The number of carbonyl (C=O) groups is 1. The van der Waals surface area contributed by atoms with E-state index in [2.05, 4.69) is 4.98 Å². The molecule has 0 saturated carbocycles. The van der Waals surface area contributed by atoms with Gasteiger partial charge in [-0.2, -0.15) is 0 Å². The minimum Gasteiger partial charge on any atom is -0.444 e. The second-order valence-corrected chi connectivity index (χ2v) is 9.38. The first kappa shape index (κ1) is 22.9. The number of benzene rings is 1. The molecule has 0 spiro atoms. The molecule has 1 aliphatic heterocycles. The SMILES string of the molecule is CC(C)(C)OC(=O)N1CCC[C@@H](COC(c2ccc(Cl)cc2)c2cccnc2Cl)C1. The number of rotatable bonds is 5. The van der Waals surface area contributed by atoms with Crippen molar-refractivity contribution in [3.05, 3.63) is 63.9 Å². The van der Waals surface area contributed by atoms with Crippen LogP contribution in [0.4, 0.5) is 4.79 Å². The van der Waals surface area contributed by atoms with Gasteiger partial charge in [-0.1, -0.05) is 41.4 Å². The Bertz CT molecular complexity index is 852. The molecular formula is C23H28Cl2N2O3. The Balaban J connectivity index is 1.70. The molecule has 1 aromatic heterocycles. The molecule has 0 radical (unpaired) electrons. The second-order valence-electron chi connectivity index (χ2n) is 8.58. The molecule has 1 amide bonds. The van der Waals surface area contributed by atoms with Crippen molar-refractivity contribution < 1.29 is 14.3 Å². The van der Waals surface area contributed by atoms with Gasteiger partial charge in [0.25, 0.3) is 0 Å². The topological polar surface area (TPSA) is 51.7 Å². The molecule has 0 aliphatic carbocycles. The van der Waals surface area contributed by atoms with Crippen LogP contribution in [-0.4, -0.2) is 41.3 Å². The van der Waals surface area contributed by atoms with E-state index in [-0.39, 0.29) is 18.1 Å². The van der Waals surface area contributed by atoms with Crippen LogP contribution in [0.5, 0.6) is 0 Å². The number of amides is 1. The van der Waals surface area contributed by atoms with Crippen LogP contribution in [0.15, 0.2) is 42.6 Å². The van der Waals surface area contributed by atoms with Crippen molar-refractivity contribution in [1.82, 2.24) is 9.88 Å². The summed E-state index contributed by atoms with van der Waals surface area (Å²) in [5, 5.41) is 1.08. The highest BCUT2D eigenvalue weighted by Crippen LogP contribution is 2.32. The fraction of sp³-hybridized carbons (Fsp3) is 0.478. The van der Waals surface area contributed by atoms with Crippen LogP contribution in [0.2, 0.25) is 10.2 Å². The third kappa shape index (κ3) is 6.34. The van der Waals surface area contributed by atoms with E-state index in [1.54, 1.807) is 11.1 Å². The summed E-state index contributed by atoms with van der Waals surface area (Å²) in [5.74, 6) is 0.219. The van der Waals surface area contributed by atoms with Gasteiger partial charge in [-0.15, -0.1) is 0 Å². The molecule has 2 atom stereocenters. The molecule has 5 nitrogen and oxygen atoms in total. The van der Waals surface area contributed by atoms with Crippen LogP contribution < -0.4 is 0 Å². The van der Waals surface area contributed by atoms with Crippen molar-refractivity contribution in [2.75, 3.05) is 19.7 Å². The predicted molar refractivity (Wildman–Crippen MR) is 119 cm³/mol. The van der Waals surface area contributed by atoms with E-state index >= 15 is 0 Å². The molecule has 3 rings (SSSR count). The first-order chi connectivity index (χ1) is 14.2. The molecule has 0 N–H and O–H groups in total. The summed E-state index contributed by atoms with van der Waals surface area (Å²) in [6, 6.07) is 11.3. The standard InChI is InChI=1S/C23H28Cl2N2O3/c1-23(2,3)30-22(28)27-13-5-6-16(14-27)15-29-20(17-8-10-18(24)11-9-17)19-7-4-12-26-21(19)25/h4,7-12,16,20H,5-6,13-15H2,1-3H3/t16-,20?/m1/s1. The van der Waals surface area contributed by atoms with E-state index in [0.29, 0.717) is 29.9 Å². The molecule has 1 unspecified atom stereocenters. The molecule has 7 heteroatoms. The molecule has 1 fully saturated rings. The van der Waals surface area contributed by atoms with E-state index in [4.69, 9.17) is 32.7 Å². The van der Waals surface area contributed by atoms with Crippen molar-refractivity contribution in [1.29, 1.82) is 0 Å². The summed E-state index contributed by atoms with van der Waals surface area (Å²) in [6.07, 6.45) is 2.95. The van der Waals surface area contributed by atoms with E-state index < -0.39 is 5.60 Å². The second kappa shape index (κ2) is 9.99. The van der Waals surface area contributed by atoms with Crippen molar-refractivity contribution in [2.45, 2.75) is 45.3 Å². The van der Waals surface area contributed by atoms with Crippen LogP contribution in [0, 0.1) is 5.92 Å². The van der Waals surface area contributed by atoms with Crippen LogP contribution in [0.3, 0.4) is 0 Å². The van der Waals surface area contributed by atoms with Crippen molar-refractivity contribution in [2.24, 2.45) is 5.92 Å². The molecule has 2 heterocycles. The van der Waals surface area contributed by atoms with Crippen LogP contribution in [-0.2, 0) is 9.47 Å². The summed E-state index contributed by atoms with van der Waals surface area (Å²) in [4.78, 5) is 18.4. The zero-order valence-corrected chi connectivity index (χ0v) is 19.1. The van der Waals surface area contributed by atoms with Gasteiger partial charge >= 0.3 is 6.09 Å². The van der Waals surface area contributed by atoms with Crippen LogP contribution in [0.1, 0.15) is 50.8 Å². The van der Waals surface area contributed by atoms with E-state index in [1.807, 2.05) is 57.2 Å². The van der Waals surface area contributed by atoms with Crippen molar-refractivity contribution in [3.63, 3.8) is 0 Å². The van der Waals surface area contributed by atoms with Crippen LogP contribution in [0.25, 0.3) is 0 Å². The van der Waals surface area contributed by atoms with Crippen molar-refractivity contribution in [3.8, 4) is 0 Å². The van der Waals surface area contributed by atoms with E-state index in [0.717, 1.165) is 24.0 Å². The van der Waals surface area contributed by atoms with Gasteiger partial charge in [-0.05, 0) is 57.4 Å². The first-order valence-corrected chi connectivity index (χ1v) is 10.9. The van der Waals surface area contributed by atoms with Gasteiger partial charge in [-0.3, -0.25) is 0 Å². The van der Waals surface area contributed by atoms with Crippen molar-refractivity contribution >= 4 is 29.3 Å². The number of aromatic nitrogens is 1. The molecule has 30 heavy (non-hydrogen) atoms. The molecule has 162 valence electrons. The molecule has 1 aliphatic rings. The fourth-order valence-electron chi connectivity index (χ4n) is 3.52. The highest BCUT2D eigenvalue weighted by Gasteiger charge is 2.29. The molecule has 2 aromatic rings. The monoisotopic (exact) mass is 450 g/mol. The maximum atomic E-state index is 12.4. The van der Waals surface area contributed by atoms with Gasteiger partial charge in [0.05, 0.1) is 6.61 Å². The first-order valence-electron chi connectivity index (χ1n) is 10.2. The van der Waals surface area contributed by atoms with Gasteiger partial charge in [0.1, 0.15) is 16.9 Å². The maximum absolute atomic E-state index is 12.4. The number of likely N-dealkylation sites (tertiary alicyclic amines) is 1. The Kier molecular flexibility index (Phi) is 7.61. The van der Waals surface area contributed by atoms with E-state index in [9.17, 15) is 4.79 Å². The minimum absolute atomic E-state index is 0.219. The lowest BCUT2D eigenvalue weighted by Gasteiger charge is -2.34. The summed E-state index contributed by atoms with van der Waals surface area (Å²) in [5.41, 5.74) is 1.26. The number of carbonyl (C=O) groups excluding carboxylic acids is 1. The lowest BCUT2D eigenvalue weighted by Crippen LogP contribution is -2.43. The average molecular weight is 451 g/mol. The van der Waals surface area contributed by atoms with E-state index in [1.165, 1.54) is 0 Å². The third-order valence-electron chi connectivity index (χ3n) is 4.91. The highest BCUT2D eigenvalue weighted by molar-refractivity contribution is 6.30. The lowest BCUT2D eigenvalue weighted by atomic mass is 9.98. The zero-order chi connectivity index (χ0) is 21.7. The summed E-state index contributed by atoms with van der Waals surface area (Å²) in [7, 11) is 0.